The molecule has 29 heavy (non-hydrogen) atoms. The molecule has 3 aromatic rings. The zero-order valence-electron chi connectivity index (χ0n) is 15.1. The second-order valence-electron chi connectivity index (χ2n) is 6.24. The molecule has 0 N–H and O–H groups in total. The quantitative estimate of drug-likeness (QED) is 0.214. The normalized spacial score (nSPS) is 13.8. The number of furan rings is 1. The van der Waals surface area contributed by atoms with E-state index in [1.54, 1.807) is 19.1 Å². The molecule has 0 aliphatic carbocycles. The number of nitro benzene ring substituents is 1. The van der Waals surface area contributed by atoms with Crippen molar-refractivity contribution in [1.29, 1.82) is 0 Å². The summed E-state index contributed by atoms with van der Waals surface area (Å²) in [5.41, 5.74) is 0.144. The van der Waals surface area contributed by atoms with Gasteiger partial charge in [-0.1, -0.05) is 6.07 Å². The first-order valence-corrected chi connectivity index (χ1v) is 8.52. The van der Waals surface area contributed by atoms with Crippen LogP contribution in [0.15, 0.2) is 64.8 Å². The Morgan fingerprint density at radius 3 is 2.69 bits per heavy atom. The summed E-state index contributed by atoms with van der Waals surface area (Å²) in [7, 11) is 0. The molecule has 0 saturated carbocycles. The van der Waals surface area contributed by atoms with Crippen molar-refractivity contribution in [3.8, 4) is 11.5 Å². The molecule has 2 aromatic carbocycles. The maximum absolute atomic E-state index is 12.5. The number of allylic oxidation sites excluding steroid dienone is 1. The number of fused-ring (bicyclic) bond motifs is 1. The number of benzene rings is 2. The summed E-state index contributed by atoms with van der Waals surface area (Å²) in [6.07, 6.45) is 1.49. The summed E-state index contributed by atoms with van der Waals surface area (Å²) >= 11 is 0. The molecule has 1 aromatic heterocycles. The number of carbonyl (C=O) groups is 2. The molecular formula is C21H13NO7. The maximum atomic E-state index is 12.5. The fourth-order valence-corrected chi connectivity index (χ4v) is 2.80. The van der Waals surface area contributed by atoms with Crippen molar-refractivity contribution in [3.05, 3.63) is 93.1 Å². The molecule has 4 rings (SSSR count). The van der Waals surface area contributed by atoms with Crippen LogP contribution in [-0.4, -0.2) is 16.7 Å². The summed E-state index contributed by atoms with van der Waals surface area (Å²) in [6.45, 7) is 1.79. The first kappa shape index (κ1) is 18.2. The number of nitro groups is 1. The molecule has 0 bridgehead atoms. The van der Waals surface area contributed by atoms with Crippen molar-refractivity contribution in [2.75, 3.05) is 0 Å². The van der Waals surface area contributed by atoms with Crippen LogP contribution in [0.3, 0.4) is 0 Å². The smallest absolute Gasteiger partial charge is 0.343 e. The second kappa shape index (κ2) is 7.08. The Hall–Kier alpha value is -4.20. The summed E-state index contributed by atoms with van der Waals surface area (Å²) < 4.78 is 16.3. The van der Waals surface area contributed by atoms with Gasteiger partial charge in [-0.25, -0.2) is 4.79 Å². The topological polar surface area (TPSA) is 109 Å². The summed E-state index contributed by atoms with van der Waals surface area (Å²) in [5, 5.41) is 10.8. The lowest BCUT2D eigenvalue weighted by Crippen LogP contribution is -2.08. The van der Waals surface area contributed by atoms with E-state index in [1.165, 1.54) is 42.5 Å². The van der Waals surface area contributed by atoms with E-state index in [4.69, 9.17) is 13.9 Å². The highest BCUT2D eigenvalue weighted by Gasteiger charge is 2.28. The highest BCUT2D eigenvalue weighted by molar-refractivity contribution is 6.14. The van der Waals surface area contributed by atoms with E-state index in [0.717, 1.165) is 6.07 Å². The molecule has 0 spiro atoms. The Kier molecular flexibility index (Phi) is 4.44. The minimum absolute atomic E-state index is 0.0328. The predicted octanol–water partition coefficient (Wildman–Crippen LogP) is 4.33. The number of ketones is 1. The Bertz CT molecular complexity index is 1190. The zero-order chi connectivity index (χ0) is 20.5. The van der Waals surface area contributed by atoms with Gasteiger partial charge in [0.05, 0.1) is 16.1 Å². The molecule has 8 heteroatoms. The monoisotopic (exact) mass is 391 g/mol. The van der Waals surface area contributed by atoms with Crippen LogP contribution in [0.25, 0.3) is 6.08 Å². The van der Waals surface area contributed by atoms with Crippen LogP contribution in [0.4, 0.5) is 5.69 Å². The Balaban J connectivity index is 1.54. The predicted molar refractivity (Wildman–Crippen MR) is 101 cm³/mol. The summed E-state index contributed by atoms with van der Waals surface area (Å²) in [6, 6.07) is 13.1. The average molecular weight is 391 g/mol. The first-order valence-electron chi connectivity index (χ1n) is 8.52. The number of esters is 1. The van der Waals surface area contributed by atoms with Crippen LogP contribution >= 0.6 is 0 Å². The lowest BCUT2D eigenvalue weighted by Gasteiger charge is -2.05. The molecule has 8 nitrogen and oxygen atoms in total. The number of nitrogens with zero attached hydrogens (tertiary/aromatic N) is 1. The minimum Gasteiger partial charge on any atom is -0.462 e. The van der Waals surface area contributed by atoms with E-state index in [-0.39, 0.29) is 34.3 Å². The van der Waals surface area contributed by atoms with Crippen molar-refractivity contribution in [2.45, 2.75) is 6.92 Å². The number of hydrogen-bond acceptors (Lipinski definition) is 7. The molecule has 0 saturated heterocycles. The van der Waals surface area contributed by atoms with Crippen molar-refractivity contribution in [3.63, 3.8) is 0 Å². The van der Waals surface area contributed by atoms with Crippen LogP contribution in [0.2, 0.25) is 0 Å². The Morgan fingerprint density at radius 1 is 1.14 bits per heavy atom. The second-order valence-corrected chi connectivity index (χ2v) is 6.24. The molecule has 0 radical (unpaired) electrons. The standard InChI is InChI=1S/C21H13NO7/c1-12-5-6-15(27-12)11-19-20(23)17-8-7-16(10-18(17)29-19)28-21(24)13-3-2-4-14(9-13)22(25)26/h2-11H,1H3/b19-11-. The Morgan fingerprint density at radius 2 is 1.97 bits per heavy atom. The van der Waals surface area contributed by atoms with Crippen molar-refractivity contribution >= 4 is 23.5 Å². The van der Waals surface area contributed by atoms with Gasteiger partial charge >= 0.3 is 5.97 Å². The molecule has 0 amide bonds. The molecule has 144 valence electrons. The van der Waals surface area contributed by atoms with Crippen molar-refractivity contribution in [1.82, 2.24) is 0 Å². The van der Waals surface area contributed by atoms with E-state index < -0.39 is 10.9 Å². The number of aryl methyl sites for hydroxylation is 1. The molecule has 0 fully saturated rings. The SMILES string of the molecule is Cc1ccc(/C=C2\Oc3cc(OC(=O)c4cccc([N+](=O)[O-])c4)ccc3C2=O)o1. The third-order valence-corrected chi connectivity index (χ3v) is 4.18. The van der Waals surface area contributed by atoms with E-state index in [0.29, 0.717) is 17.1 Å². The number of ether oxygens (including phenoxy) is 2. The van der Waals surface area contributed by atoms with Crippen molar-refractivity contribution < 1.29 is 28.4 Å². The van der Waals surface area contributed by atoms with Gasteiger partial charge in [0, 0.05) is 24.3 Å². The van der Waals surface area contributed by atoms with E-state index in [9.17, 15) is 19.7 Å². The number of hydrogen-bond donors (Lipinski definition) is 0. The number of carbonyl (C=O) groups excluding carboxylic acids is 2. The zero-order valence-corrected chi connectivity index (χ0v) is 15.1. The molecule has 0 unspecified atom stereocenters. The van der Waals surface area contributed by atoms with E-state index in [2.05, 4.69) is 0 Å². The maximum Gasteiger partial charge on any atom is 0.343 e. The number of Topliss-reactive ketones (excluding diaryl/α,β-unsaturated/α-hetero) is 1. The van der Waals surface area contributed by atoms with Crippen LogP contribution in [-0.2, 0) is 0 Å². The van der Waals surface area contributed by atoms with Gasteiger partial charge in [0.2, 0.25) is 5.78 Å². The van der Waals surface area contributed by atoms with Gasteiger partial charge in [0.25, 0.3) is 5.69 Å². The molecule has 0 atom stereocenters. The van der Waals surface area contributed by atoms with E-state index >= 15 is 0 Å². The number of rotatable bonds is 4. The van der Waals surface area contributed by atoms with Gasteiger partial charge in [-0.2, -0.15) is 0 Å². The lowest BCUT2D eigenvalue weighted by atomic mass is 10.1. The number of non-ortho nitro benzene ring substituents is 1. The third-order valence-electron chi connectivity index (χ3n) is 4.18. The van der Waals surface area contributed by atoms with Gasteiger partial charge in [0.15, 0.2) is 5.76 Å². The fraction of sp³-hybridized carbons (Fsp3) is 0.0476. The lowest BCUT2D eigenvalue weighted by molar-refractivity contribution is -0.384. The van der Waals surface area contributed by atoms with Gasteiger partial charge in [-0.3, -0.25) is 14.9 Å². The Labute approximate surface area is 164 Å². The molecular weight excluding hydrogens is 378 g/mol. The van der Waals surface area contributed by atoms with Crippen LogP contribution in [0.5, 0.6) is 11.5 Å². The minimum atomic E-state index is -0.764. The van der Waals surface area contributed by atoms with Gasteiger partial charge in [0.1, 0.15) is 23.0 Å². The van der Waals surface area contributed by atoms with Crippen molar-refractivity contribution in [2.24, 2.45) is 0 Å². The van der Waals surface area contributed by atoms with Crippen LogP contribution in [0.1, 0.15) is 32.2 Å². The third kappa shape index (κ3) is 3.63. The van der Waals surface area contributed by atoms with Crippen LogP contribution < -0.4 is 9.47 Å². The molecule has 2 heterocycles. The fourth-order valence-electron chi connectivity index (χ4n) is 2.80. The molecule has 1 aliphatic rings. The van der Waals surface area contributed by atoms with E-state index in [1.807, 2.05) is 0 Å². The first-order chi connectivity index (χ1) is 13.9. The average Bonchev–Trinajstić information content (AvgIpc) is 3.25. The highest BCUT2D eigenvalue weighted by Crippen LogP contribution is 2.35. The highest BCUT2D eigenvalue weighted by atomic mass is 16.6. The largest absolute Gasteiger partial charge is 0.462 e. The van der Waals surface area contributed by atoms with Crippen LogP contribution in [0, 0.1) is 17.0 Å². The molecule has 1 aliphatic heterocycles. The van der Waals surface area contributed by atoms with Gasteiger partial charge < -0.3 is 13.9 Å². The van der Waals surface area contributed by atoms with Gasteiger partial charge in [-0.15, -0.1) is 0 Å². The summed E-state index contributed by atoms with van der Waals surface area (Å²) in [5.74, 6) is 0.588. The summed E-state index contributed by atoms with van der Waals surface area (Å²) in [4.78, 5) is 35.0. The van der Waals surface area contributed by atoms with Gasteiger partial charge in [-0.05, 0) is 37.3 Å².